The molecule has 1 N–H and O–H groups in total. The summed E-state index contributed by atoms with van der Waals surface area (Å²) < 4.78 is 10.4. The minimum absolute atomic E-state index is 0.261. The number of anilines is 1. The van der Waals surface area contributed by atoms with Gasteiger partial charge < -0.3 is 14.8 Å². The van der Waals surface area contributed by atoms with Crippen molar-refractivity contribution in [3.05, 3.63) is 58.1 Å². The summed E-state index contributed by atoms with van der Waals surface area (Å²) in [6.07, 6.45) is 0. The van der Waals surface area contributed by atoms with Crippen LogP contribution in [0.2, 0.25) is 10.0 Å². The van der Waals surface area contributed by atoms with Gasteiger partial charge in [0, 0.05) is 5.02 Å². The van der Waals surface area contributed by atoms with Crippen LogP contribution in [0.4, 0.5) is 5.69 Å². The maximum Gasteiger partial charge on any atom is 0.344 e. The van der Waals surface area contributed by atoms with Gasteiger partial charge in [0.25, 0.3) is 5.91 Å². The van der Waals surface area contributed by atoms with Gasteiger partial charge in [-0.25, -0.2) is 4.79 Å². The average Bonchev–Trinajstić information content (AvgIpc) is 2.60. The standard InChI is InChI=1S/C19H19Cl2NO4/c1-12(2)14-5-3-4-6-17(14)25-11-19(24)26-10-18(23)22-16-8-7-13(20)9-15(16)21/h3-9,12H,10-11H2,1-2H3,(H,22,23). The third kappa shape index (κ3) is 5.93. The summed E-state index contributed by atoms with van der Waals surface area (Å²) in [6.45, 7) is 3.35. The Bertz CT molecular complexity index is 793. The summed E-state index contributed by atoms with van der Waals surface area (Å²) in [6, 6.07) is 12.1. The molecule has 0 aliphatic carbocycles. The highest BCUT2D eigenvalue weighted by molar-refractivity contribution is 6.36. The second kappa shape index (κ2) is 9.46. The lowest BCUT2D eigenvalue weighted by Gasteiger charge is -2.13. The molecule has 0 unspecified atom stereocenters. The van der Waals surface area contributed by atoms with Gasteiger partial charge in [0.2, 0.25) is 0 Å². The first-order valence-corrected chi connectivity index (χ1v) is 8.74. The molecule has 1 amide bonds. The van der Waals surface area contributed by atoms with E-state index in [9.17, 15) is 9.59 Å². The Hall–Kier alpha value is -2.24. The molecular formula is C19H19Cl2NO4. The van der Waals surface area contributed by atoms with Crippen LogP contribution in [0.3, 0.4) is 0 Å². The van der Waals surface area contributed by atoms with Crippen LogP contribution >= 0.6 is 23.2 Å². The highest BCUT2D eigenvalue weighted by Crippen LogP contribution is 2.26. The molecule has 26 heavy (non-hydrogen) atoms. The van der Waals surface area contributed by atoms with Gasteiger partial charge in [-0.05, 0) is 35.7 Å². The molecule has 0 atom stereocenters. The van der Waals surface area contributed by atoms with Crippen molar-refractivity contribution in [3.8, 4) is 5.75 Å². The van der Waals surface area contributed by atoms with Crippen molar-refractivity contribution in [1.29, 1.82) is 0 Å². The average molecular weight is 396 g/mol. The van der Waals surface area contributed by atoms with E-state index in [0.29, 0.717) is 21.5 Å². The maximum atomic E-state index is 11.9. The molecule has 0 heterocycles. The molecule has 0 radical (unpaired) electrons. The van der Waals surface area contributed by atoms with E-state index < -0.39 is 18.5 Å². The van der Waals surface area contributed by atoms with Crippen molar-refractivity contribution in [2.24, 2.45) is 0 Å². The first-order chi connectivity index (χ1) is 12.4. The van der Waals surface area contributed by atoms with Gasteiger partial charge in [-0.3, -0.25) is 4.79 Å². The van der Waals surface area contributed by atoms with Crippen molar-refractivity contribution in [3.63, 3.8) is 0 Å². The predicted octanol–water partition coefficient (Wildman–Crippen LogP) is 4.68. The molecule has 5 nitrogen and oxygen atoms in total. The summed E-state index contributed by atoms with van der Waals surface area (Å²) >= 11 is 11.8. The molecule has 0 bridgehead atoms. The Kier molecular flexibility index (Phi) is 7.30. The van der Waals surface area contributed by atoms with Crippen LogP contribution in [-0.2, 0) is 14.3 Å². The number of benzene rings is 2. The smallest absolute Gasteiger partial charge is 0.344 e. The van der Waals surface area contributed by atoms with Crippen LogP contribution in [0.5, 0.6) is 5.75 Å². The Morgan fingerprint density at radius 3 is 2.50 bits per heavy atom. The second-order valence-electron chi connectivity index (χ2n) is 5.81. The predicted molar refractivity (Wildman–Crippen MR) is 102 cm³/mol. The Balaban J connectivity index is 1.81. The number of esters is 1. The van der Waals surface area contributed by atoms with Gasteiger partial charge in [0.1, 0.15) is 5.75 Å². The summed E-state index contributed by atoms with van der Waals surface area (Å²) in [7, 11) is 0. The Morgan fingerprint density at radius 1 is 1.08 bits per heavy atom. The zero-order chi connectivity index (χ0) is 19.1. The fraction of sp³-hybridized carbons (Fsp3) is 0.263. The number of carbonyl (C=O) groups excluding carboxylic acids is 2. The van der Waals surface area contributed by atoms with Gasteiger partial charge in [-0.2, -0.15) is 0 Å². The van der Waals surface area contributed by atoms with E-state index in [1.165, 1.54) is 6.07 Å². The first-order valence-electron chi connectivity index (χ1n) is 7.99. The molecule has 0 spiro atoms. The van der Waals surface area contributed by atoms with E-state index in [-0.39, 0.29) is 12.5 Å². The number of carbonyl (C=O) groups is 2. The zero-order valence-electron chi connectivity index (χ0n) is 14.4. The summed E-state index contributed by atoms with van der Waals surface area (Å²) in [5.74, 6) is -0.264. The fourth-order valence-corrected chi connectivity index (χ4v) is 2.65. The third-order valence-corrected chi connectivity index (χ3v) is 4.00. The van der Waals surface area contributed by atoms with Crippen LogP contribution in [0.15, 0.2) is 42.5 Å². The van der Waals surface area contributed by atoms with E-state index in [0.717, 1.165) is 5.56 Å². The number of nitrogens with one attached hydrogen (secondary N) is 1. The molecule has 0 aliphatic rings. The van der Waals surface area contributed by atoms with Crippen molar-refractivity contribution >= 4 is 40.8 Å². The van der Waals surface area contributed by atoms with E-state index in [1.54, 1.807) is 18.2 Å². The summed E-state index contributed by atoms with van der Waals surface area (Å²) in [4.78, 5) is 23.6. The van der Waals surface area contributed by atoms with Crippen LogP contribution in [-0.4, -0.2) is 25.1 Å². The van der Waals surface area contributed by atoms with E-state index in [4.69, 9.17) is 32.7 Å². The number of rotatable bonds is 7. The molecular weight excluding hydrogens is 377 g/mol. The quantitative estimate of drug-likeness (QED) is 0.691. The van der Waals surface area contributed by atoms with Gasteiger partial charge in [-0.1, -0.05) is 55.2 Å². The molecule has 0 saturated carbocycles. The van der Waals surface area contributed by atoms with E-state index >= 15 is 0 Å². The molecule has 138 valence electrons. The summed E-state index contributed by atoms with van der Waals surface area (Å²) in [5.41, 5.74) is 1.38. The normalized spacial score (nSPS) is 10.5. The van der Waals surface area contributed by atoms with Crippen LogP contribution in [0.25, 0.3) is 0 Å². The molecule has 0 fully saturated rings. The van der Waals surface area contributed by atoms with Crippen molar-refractivity contribution in [2.45, 2.75) is 19.8 Å². The number of amides is 1. The zero-order valence-corrected chi connectivity index (χ0v) is 15.9. The van der Waals surface area contributed by atoms with E-state index in [1.807, 2.05) is 32.0 Å². The number of ether oxygens (including phenoxy) is 2. The first kappa shape index (κ1) is 20.1. The molecule has 0 aliphatic heterocycles. The van der Waals surface area contributed by atoms with Crippen LogP contribution in [0, 0.1) is 0 Å². The van der Waals surface area contributed by atoms with Gasteiger partial charge in [-0.15, -0.1) is 0 Å². The molecule has 0 saturated heterocycles. The second-order valence-corrected chi connectivity index (χ2v) is 6.66. The lowest BCUT2D eigenvalue weighted by atomic mass is 10.0. The van der Waals surface area contributed by atoms with Gasteiger partial charge >= 0.3 is 5.97 Å². The SMILES string of the molecule is CC(C)c1ccccc1OCC(=O)OCC(=O)Nc1ccc(Cl)cc1Cl. The Labute approximate surface area is 162 Å². The lowest BCUT2D eigenvalue weighted by Crippen LogP contribution is -2.24. The lowest BCUT2D eigenvalue weighted by molar-refractivity contribution is -0.149. The monoisotopic (exact) mass is 395 g/mol. The number of hydrogen-bond donors (Lipinski definition) is 1. The molecule has 0 aromatic heterocycles. The molecule has 7 heteroatoms. The number of halogens is 2. The molecule has 2 aromatic carbocycles. The van der Waals surface area contributed by atoms with Gasteiger partial charge in [0.15, 0.2) is 13.2 Å². The maximum absolute atomic E-state index is 11.9. The van der Waals surface area contributed by atoms with Crippen LogP contribution < -0.4 is 10.1 Å². The van der Waals surface area contributed by atoms with Crippen molar-refractivity contribution < 1.29 is 19.1 Å². The highest BCUT2D eigenvalue weighted by atomic mass is 35.5. The third-order valence-electron chi connectivity index (χ3n) is 3.46. The fourth-order valence-electron chi connectivity index (χ4n) is 2.19. The number of para-hydroxylation sites is 1. The minimum Gasteiger partial charge on any atom is -0.482 e. The van der Waals surface area contributed by atoms with Gasteiger partial charge in [0.05, 0.1) is 10.7 Å². The van der Waals surface area contributed by atoms with Crippen molar-refractivity contribution in [2.75, 3.05) is 18.5 Å². The van der Waals surface area contributed by atoms with Crippen LogP contribution in [0.1, 0.15) is 25.3 Å². The largest absolute Gasteiger partial charge is 0.482 e. The Morgan fingerprint density at radius 2 is 1.81 bits per heavy atom. The topological polar surface area (TPSA) is 64.6 Å². The summed E-state index contributed by atoms with van der Waals surface area (Å²) in [5, 5.41) is 3.30. The number of hydrogen-bond acceptors (Lipinski definition) is 4. The van der Waals surface area contributed by atoms with Crippen molar-refractivity contribution in [1.82, 2.24) is 0 Å². The molecule has 2 aromatic rings. The minimum atomic E-state index is -0.638. The highest BCUT2D eigenvalue weighted by Gasteiger charge is 2.12. The molecule has 2 rings (SSSR count). The van der Waals surface area contributed by atoms with E-state index in [2.05, 4.69) is 5.32 Å².